The quantitative estimate of drug-likeness (QED) is 0.766. The molecule has 1 atom stereocenters. The van der Waals surface area contributed by atoms with Crippen molar-refractivity contribution in [1.82, 2.24) is 14.7 Å². The van der Waals surface area contributed by atoms with Gasteiger partial charge >= 0.3 is 0 Å². The van der Waals surface area contributed by atoms with Gasteiger partial charge in [-0.25, -0.2) is 4.98 Å². The standard InChI is InChI=1S/C12H15N3O/c16-11-5-3-7-15-10(11)8-14-12(15)9-4-1-2-6-13-9/h3,5,7-9,13,16H,1-2,4,6H2. The van der Waals surface area contributed by atoms with E-state index in [1.165, 1.54) is 12.8 Å². The summed E-state index contributed by atoms with van der Waals surface area (Å²) in [6.07, 6.45) is 7.29. The van der Waals surface area contributed by atoms with Gasteiger partial charge < -0.3 is 10.4 Å². The molecule has 2 aromatic rings. The van der Waals surface area contributed by atoms with Crippen molar-refractivity contribution in [2.24, 2.45) is 0 Å². The number of imidazole rings is 1. The zero-order valence-electron chi connectivity index (χ0n) is 9.06. The van der Waals surface area contributed by atoms with Crippen LogP contribution in [0.25, 0.3) is 5.52 Å². The Morgan fingerprint density at radius 1 is 1.44 bits per heavy atom. The lowest BCUT2D eigenvalue weighted by molar-refractivity contribution is 0.396. The number of hydrogen-bond donors (Lipinski definition) is 2. The van der Waals surface area contributed by atoms with E-state index in [-0.39, 0.29) is 5.75 Å². The van der Waals surface area contributed by atoms with Crippen molar-refractivity contribution in [1.29, 1.82) is 0 Å². The van der Waals surface area contributed by atoms with Gasteiger partial charge in [-0.05, 0) is 31.5 Å². The SMILES string of the molecule is Oc1cccn2c(C3CCCCN3)ncc12. The molecule has 2 N–H and O–H groups in total. The Kier molecular flexibility index (Phi) is 2.29. The molecule has 0 amide bonds. The lowest BCUT2D eigenvalue weighted by Gasteiger charge is -2.22. The van der Waals surface area contributed by atoms with Crippen molar-refractivity contribution in [2.75, 3.05) is 6.54 Å². The van der Waals surface area contributed by atoms with E-state index >= 15 is 0 Å². The number of piperidine rings is 1. The predicted molar refractivity (Wildman–Crippen MR) is 61.5 cm³/mol. The maximum absolute atomic E-state index is 9.70. The molecule has 1 aliphatic heterocycles. The van der Waals surface area contributed by atoms with E-state index in [0.717, 1.165) is 24.3 Å². The average Bonchev–Trinajstić information content (AvgIpc) is 2.75. The van der Waals surface area contributed by atoms with Gasteiger partial charge in [0.2, 0.25) is 0 Å². The summed E-state index contributed by atoms with van der Waals surface area (Å²) >= 11 is 0. The zero-order chi connectivity index (χ0) is 11.0. The fourth-order valence-corrected chi connectivity index (χ4v) is 2.36. The van der Waals surface area contributed by atoms with E-state index in [1.807, 2.05) is 16.7 Å². The van der Waals surface area contributed by atoms with Crippen LogP contribution in [0.4, 0.5) is 0 Å². The molecule has 4 nitrogen and oxygen atoms in total. The summed E-state index contributed by atoms with van der Waals surface area (Å²) in [6.45, 7) is 1.05. The van der Waals surface area contributed by atoms with Gasteiger partial charge in [0.25, 0.3) is 0 Å². The Morgan fingerprint density at radius 2 is 2.38 bits per heavy atom. The van der Waals surface area contributed by atoms with E-state index in [0.29, 0.717) is 6.04 Å². The molecule has 16 heavy (non-hydrogen) atoms. The number of aromatic nitrogens is 2. The second-order valence-corrected chi connectivity index (χ2v) is 4.27. The fourth-order valence-electron chi connectivity index (χ4n) is 2.36. The van der Waals surface area contributed by atoms with Crippen LogP contribution in [-0.2, 0) is 0 Å². The van der Waals surface area contributed by atoms with Gasteiger partial charge in [0, 0.05) is 6.20 Å². The lowest BCUT2D eigenvalue weighted by Crippen LogP contribution is -2.28. The van der Waals surface area contributed by atoms with Crippen molar-refractivity contribution in [2.45, 2.75) is 25.3 Å². The molecule has 4 heteroatoms. The normalized spacial score (nSPS) is 21.4. The molecule has 0 aromatic carbocycles. The van der Waals surface area contributed by atoms with Crippen LogP contribution in [0, 0.1) is 0 Å². The molecule has 1 aliphatic rings. The molecule has 0 saturated carbocycles. The Balaban J connectivity index is 2.06. The van der Waals surface area contributed by atoms with E-state index in [1.54, 1.807) is 12.3 Å². The first-order chi connectivity index (χ1) is 7.86. The van der Waals surface area contributed by atoms with Gasteiger partial charge in [-0.3, -0.25) is 4.40 Å². The summed E-state index contributed by atoms with van der Waals surface area (Å²) in [6, 6.07) is 3.85. The summed E-state index contributed by atoms with van der Waals surface area (Å²) in [5.41, 5.74) is 0.782. The van der Waals surface area contributed by atoms with Crippen molar-refractivity contribution in [3.8, 4) is 5.75 Å². The van der Waals surface area contributed by atoms with Crippen LogP contribution in [0.5, 0.6) is 5.75 Å². The number of hydrogen-bond acceptors (Lipinski definition) is 3. The maximum atomic E-state index is 9.70. The van der Waals surface area contributed by atoms with E-state index in [4.69, 9.17) is 0 Å². The molecule has 3 rings (SSSR count). The number of nitrogens with one attached hydrogen (secondary N) is 1. The Bertz CT molecular complexity index is 500. The first kappa shape index (κ1) is 9.66. The predicted octanol–water partition coefficient (Wildman–Crippen LogP) is 1.85. The fraction of sp³-hybridized carbons (Fsp3) is 0.417. The van der Waals surface area contributed by atoms with Gasteiger partial charge in [0.1, 0.15) is 17.1 Å². The van der Waals surface area contributed by atoms with Crippen LogP contribution in [0.15, 0.2) is 24.5 Å². The van der Waals surface area contributed by atoms with Crippen LogP contribution in [-0.4, -0.2) is 21.0 Å². The molecule has 0 radical (unpaired) electrons. The van der Waals surface area contributed by atoms with Gasteiger partial charge in [-0.15, -0.1) is 0 Å². The monoisotopic (exact) mass is 217 g/mol. The molecule has 1 unspecified atom stereocenters. The molecule has 1 fully saturated rings. The summed E-state index contributed by atoms with van der Waals surface area (Å²) in [5, 5.41) is 13.2. The van der Waals surface area contributed by atoms with Crippen molar-refractivity contribution in [3.63, 3.8) is 0 Å². The van der Waals surface area contributed by atoms with Crippen LogP contribution in [0.1, 0.15) is 31.1 Å². The molecule has 0 spiro atoms. The van der Waals surface area contributed by atoms with E-state index in [2.05, 4.69) is 10.3 Å². The van der Waals surface area contributed by atoms with E-state index < -0.39 is 0 Å². The summed E-state index contributed by atoms with van der Waals surface area (Å²) in [4.78, 5) is 4.42. The highest BCUT2D eigenvalue weighted by Crippen LogP contribution is 2.25. The average molecular weight is 217 g/mol. The number of rotatable bonds is 1. The maximum Gasteiger partial charge on any atom is 0.141 e. The second-order valence-electron chi connectivity index (χ2n) is 4.27. The van der Waals surface area contributed by atoms with Gasteiger partial charge in [0.15, 0.2) is 0 Å². The number of pyridine rings is 1. The van der Waals surface area contributed by atoms with Crippen molar-refractivity contribution >= 4 is 5.52 Å². The van der Waals surface area contributed by atoms with E-state index in [9.17, 15) is 5.11 Å². The third-order valence-electron chi connectivity index (χ3n) is 3.20. The van der Waals surface area contributed by atoms with Crippen LogP contribution < -0.4 is 5.32 Å². The lowest BCUT2D eigenvalue weighted by atomic mass is 10.0. The van der Waals surface area contributed by atoms with Gasteiger partial charge in [-0.1, -0.05) is 6.42 Å². The topological polar surface area (TPSA) is 49.6 Å². The summed E-state index contributed by atoms with van der Waals surface area (Å²) in [7, 11) is 0. The molecule has 2 aromatic heterocycles. The largest absolute Gasteiger partial charge is 0.506 e. The molecular weight excluding hydrogens is 202 g/mol. The highest BCUT2D eigenvalue weighted by atomic mass is 16.3. The number of fused-ring (bicyclic) bond motifs is 1. The zero-order valence-corrected chi connectivity index (χ0v) is 9.06. The number of aromatic hydroxyl groups is 1. The van der Waals surface area contributed by atoms with Crippen molar-refractivity contribution < 1.29 is 5.11 Å². The summed E-state index contributed by atoms with van der Waals surface area (Å²) in [5.74, 6) is 1.29. The minimum Gasteiger partial charge on any atom is -0.506 e. The Hall–Kier alpha value is -1.55. The molecule has 1 saturated heterocycles. The third kappa shape index (κ3) is 1.46. The highest BCUT2D eigenvalue weighted by molar-refractivity contribution is 5.58. The van der Waals surface area contributed by atoms with Crippen LogP contribution in [0.2, 0.25) is 0 Å². The third-order valence-corrected chi connectivity index (χ3v) is 3.20. The molecule has 0 aliphatic carbocycles. The highest BCUT2D eigenvalue weighted by Gasteiger charge is 2.19. The Labute approximate surface area is 93.9 Å². The number of nitrogens with zero attached hydrogens (tertiary/aromatic N) is 2. The summed E-state index contributed by atoms with van der Waals surface area (Å²) < 4.78 is 1.97. The minimum absolute atomic E-state index is 0.289. The molecular formula is C12H15N3O. The molecule has 0 bridgehead atoms. The van der Waals surface area contributed by atoms with Crippen molar-refractivity contribution in [3.05, 3.63) is 30.4 Å². The molecule has 3 heterocycles. The van der Waals surface area contributed by atoms with Crippen LogP contribution >= 0.6 is 0 Å². The Morgan fingerprint density at radius 3 is 3.19 bits per heavy atom. The minimum atomic E-state index is 0.289. The van der Waals surface area contributed by atoms with Gasteiger partial charge in [-0.2, -0.15) is 0 Å². The van der Waals surface area contributed by atoms with Gasteiger partial charge in [0.05, 0.1) is 12.2 Å². The smallest absolute Gasteiger partial charge is 0.141 e. The first-order valence-corrected chi connectivity index (χ1v) is 5.74. The molecule has 84 valence electrons. The second kappa shape index (κ2) is 3.79. The first-order valence-electron chi connectivity index (χ1n) is 5.74. The van der Waals surface area contributed by atoms with Crippen LogP contribution in [0.3, 0.4) is 0 Å².